The first-order valence-corrected chi connectivity index (χ1v) is 10.5. The Bertz CT molecular complexity index is 1150. The number of amides is 1. The number of ether oxygens (including phenoxy) is 1. The van der Waals surface area contributed by atoms with Crippen molar-refractivity contribution in [2.24, 2.45) is 5.92 Å². The van der Waals surface area contributed by atoms with Crippen LogP contribution in [-0.4, -0.2) is 30.1 Å². The van der Waals surface area contributed by atoms with Crippen molar-refractivity contribution < 1.29 is 22.7 Å². The van der Waals surface area contributed by atoms with Crippen LogP contribution in [0, 0.1) is 23.4 Å². The van der Waals surface area contributed by atoms with Crippen LogP contribution < -0.4 is 5.32 Å². The van der Waals surface area contributed by atoms with Crippen molar-refractivity contribution in [3.8, 4) is 11.3 Å². The number of nitrogens with one attached hydrogen (secondary N) is 2. The fourth-order valence-electron chi connectivity index (χ4n) is 4.67. The van der Waals surface area contributed by atoms with Gasteiger partial charge in [-0.05, 0) is 73.1 Å². The van der Waals surface area contributed by atoms with Crippen LogP contribution in [0.4, 0.5) is 13.2 Å². The smallest absolute Gasteiger partial charge is 0.223 e. The molecule has 5 rings (SSSR count). The maximum absolute atomic E-state index is 14.5. The number of benzene rings is 2. The van der Waals surface area contributed by atoms with Crippen LogP contribution in [-0.2, 0) is 9.53 Å². The van der Waals surface area contributed by atoms with E-state index in [-0.39, 0.29) is 34.6 Å². The van der Waals surface area contributed by atoms with Gasteiger partial charge in [0.05, 0.1) is 23.4 Å². The topological polar surface area (TPSA) is 54.1 Å². The summed E-state index contributed by atoms with van der Waals surface area (Å²) < 4.78 is 47.1. The van der Waals surface area contributed by atoms with Crippen molar-refractivity contribution in [3.05, 3.63) is 59.4 Å². The summed E-state index contributed by atoms with van der Waals surface area (Å²) in [6.07, 6.45) is 3.01. The van der Waals surface area contributed by atoms with E-state index in [1.807, 2.05) is 0 Å². The van der Waals surface area contributed by atoms with Gasteiger partial charge < -0.3 is 15.0 Å². The molecular formula is C24H23F3N2O2. The van der Waals surface area contributed by atoms with E-state index < -0.39 is 11.6 Å². The number of methoxy groups -OCH3 is 1. The van der Waals surface area contributed by atoms with Gasteiger partial charge in [-0.2, -0.15) is 0 Å². The molecule has 2 aliphatic carbocycles. The highest BCUT2D eigenvalue weighted by molar-refractivity contribution is 5.92. The molecule has 1 aromatic heterocycles. The van der Waals surface area contributed by atoms with Crippen molar-refractivity contribution in [1.82, 2.24) is 10.3 Å². The molecule has 1 heterocycles. The highest BCUT2D eigenvalue weighted by Crippen LogP contribution is 2.49. The standard InChI is InChI=1S/C24H23F3N2O2/c1-31-12-24(6-7-24)29-23(30)15-8-14(9-15)20-18-10-17(26)11-19(27)22(18)28-21(20)13-2-4-16(25)5-3-13/h2-5,10-11,14-15,28H,6-9,12H2,1H3,(H,29,30). The summed E-state index contributed by atoms with van der Waals surface area (Å²) in [4.78, 5) is 15.8. The largest absolute Gasteiger partial charge is 0.382 e. The zero-order valence-corrected chi connectivity index (χ0v) is 17.1. The van der Waals surface area contributed by atoms with Crippen molar-refractivity contribution in [2.75, 3.05) is 13.7 Å². The number of fused-ring (bicyclic) bond motifs is 1. The summed E-state index contributed by atoms with van der Waals surface area (Å²) >= 11 is 0. The van der Waals surface area contributed by atoms with E-state index in [1.165, 1.54) is 18.2 Å². The number of halogens is 3. The zero-order valence-electron chi connectivity index (χ0n) is 17.1. The molecule has 4 nitrogen and oxygen atoms in total. The number of H-pyrrole nitrogens is 1. The van der Waals surface area contributed by atoms with Crippen LogP contribution in [0.3, 0.4) is 0 Å². The van der Waals surface area contributed by atoms with Crippen LogP contribution >= 0.6 is 0 Å². The Hall–Kier alpha value is -2.80. The summed E-state index contributed by atoms with van der Waals surface area (Å²) in [5, 5.41) is 3.58. The number of carbonyl (C=O) groups is 1. The molecule has 0 spiro atoms. The minimum atomic E-state index is -0.673. The Balaban J connectivity index is 1.45. The molecule has 0 radical (unpaired) electrons. The van der Waals surface area contributed by atoms with Crippen molar-refractivity contribution in [1.29, 1.82) is 0 Å². The molecule has 0 unspecified atom stereocenters. The average Bonchev–Trinajstić information content (AvgIpc) is 3.33. The van der Waals surface area contributed by atoms with E-state index in [0.29, 0.717) is 36.1 Å². The highest BCUT2D eigenvalue weighted by atomic mass is 19.1. The molecule has 2 N–H and O–H groups in total. The lowest BCUT2D eigenvalue weighted by molar-refractivity contribution is -0.129. The third kappa shape index (κ3) is 3.61. The quantitative estimate of drug-likeness (QED) is 0.578. The van der Waals surface area contributed by atoms with E-state index in [1.54, 1.807) is 19.2 Å². The van der Waals surface area contributed by atoms with E-state index >= 15 is 0 Å². The van der Waals surface area contributed by atoms with Gasteiger partial charge in [0.1, 0.15) is 17.5 Å². The number of carbonyl (C=O) groups excluding carboxylic acids is 1. The Kier molecular flexibility index (Phi) is 4.81. The number of hydrogen-bond acceptors (Lipinski definition) is 2. The monoisotopic (exact) mass is 428 g/mol. The second kappa shape index (κ2) is 7.41. The second-order valence-electron chi connectivity index (χ2n) is 8.80. The van der Waals surface area contributed by atoms with Gasteiger partial charge in [-0.15, -0.1) is 0 Å². The van der Waals surface area contributed by atoms with Crippen LogP contribution in [0.2, 0.25) is 0 Å². The average molecular weight is 428 g/mol. The summed E-state index contributed by atoms with van der Waals surface area (Å²) in [5.41, 5.74) is 2.10. The Labute approximate surface area is 177 Å². The first-order chi connectivity index (χ1) is 14.9. The molecule has 0 bridgehead atoms. The van der Waals surface area contributed by atoms with E-state index in [9.17, 15) is 18.0 Å². The van der Waals surface area contributed by atoms with Crippen LogP contribution in [0.5, 0.6) is 0 Å². The number of hydrogen-bond donors (Lipinski definition) is 2. The molecule has 3 aromatic rings. The molecule has 162 valence electrons. The molecule has 0 atom stereocenters. The lowest BCUT2D eigenvalue weighted by atomic mass is 9.69. The van der Waals surface area contributed by atoms with Crippen molar-refractivity contribution >= 4 is 16.8 Å². The molecular weight excluding hydrogens is 405 g/mol. The molecule has 2 fully saturated rings. The first-order valence-electron chi connectivity index (χ1n) is 10.5. The third-order valence-electron chi connectivity index (χ3n) is 6.58. The minimum Gasteiger partial charge on any atom is -0.382 e. The van der Waals surface area contributed by atoms with E-state index in [0.717, 1.165) is 24.5 Å². The highest BCUT2D eigenvalue weighted by Gasteiger charge is 2.47. The molecule has 0 saturated heterocycles. The summed E-state index contributed by atoms with van der Waals surface area (Å²) in [7, 11) is 1.62. The van der Waals surface area contributed by atoms with E-state index in [4.69, 9.17) is 4.74 Å². The van der Waals surface area contributed by atoms with Gasteiger partial charge in [0.15, 0.2) is 0 Å². The summed E-state index contributed by atoms with van der Waals surface area (Å²) in [6, 6.07) is 8.07. The van der Waals surface area contributed by atoms with E-state index in [2.05, 4.69) is 10.3 Å². The van der Waals surface area contributed by atoms with Gasteiger partial charge in [-0.1, -0.05) is 0 Å². The first kappa shape index (κ1) is 20.1. The summed E-state index contributed by atoms with van der Waals surface area (Å²) in [6.45, 7) is 0.505. The number of aromatic amines is 1. The maximum atomic E-state index is 14.5. The Morgan fingerprint density at radius 2 is 1.84 bits per heavy atom. The molecule has 1 amide bonds. The lowest BCUT2D eigenvalue weighted by Crippen LogP contribution is -2.46. The fraction of sp³-hybridized carbons (Fsp3) is 0.375. The molecule has 2 aliphatic rings. The van der Waals surface area contributed by atoms with Gasteiger partial charge >= 0.3 is 0 Å². The molecule has 0 aliphatic heterocycles. The van der Waals surface area contributed by atoms with Gasteiger partial charge in [0.2, 0.25) is 5.91 Å². The number of aromatic nitrogens is 1. The Morgan fingerprint density at radius 1 is 1.13 bits per heavy atom. The predicted octanol–water partition coefficient (Wildman–Crippen LogP) is 5.04. The summed E-state index contributed by atoms with van der Waals surface area (Å²) in [5.74, 6) is -1.87. The lowest BCUT2D eigenvalue weighted by Gasteiger charge is -2.36. The molecule has 7 heteroatoms. The second-order valence-corrected chi connectivity index (χ2v) is 8.80. The van der Waals surface area contributed by atoms with Crippen molar-refractivity contribution in [3.63, 3.8) is 0 Å². The fourth-order valence-corrected chi connectivity index (χ4v) is 4.67. The minimum absolute atomic E-state index is 0.00587. The van der Waals surface area contributed by atoms with Crippen LogP contribution in [0.25, 0.3) is 22.2 Å². The van der Waals surface area contributed by atoms with Gasteiger partial charge in [-0.25, -0.2) is 13.2 Å². The number of rotatable bonds is 6. The zero-order chi connectivity index (χ0) is 21.8. The van der Waals surface area contributed by atoms with Gasteiger partial charge in [0, 0.05) is 24.5 Å². The van der Waals surface area contributed by atoms with Crippen molar-refractivity contribution in [2.45, 2.75) is 37.1 Å². The normalized spacial score (nSPS) is 21.7. The Morgan fingerprint density at radius 3 is 2.48 bits per heavy atom. The molecule has 31 heavy (non-hydrogen) atoms. The third-order valence-corrected chi connectivity index (χ3v) is 6.58. The van der Waals surface area contributed by atoms with Crippen LogP contribution in [0.1, 0.15) is 37.2 Å². The SMILES string of the molecule is COCC1(NC(=O)C2CC(c3c(-c4ccc(F)cc4)[nH]c4c(F)cc(F)cc34)C2)CC1. The van der Waals surface area contributed by atoms with Crippen LogP contribution in [0.15, 0.2) is 36.4 Å². The maximum Gasteiger partial charge on any atom is 0.223 e. The molecule has 2 saturated carbocycles. The molecule has 2 aromatic carbocycles. The van der Waals surface area contributed by atoms with Gasteiger partial charge in [-0.3, -0.25) is 4.79 Å². The van der Waals surface area contributed by atoms with Gasteiger partial charge in [0.25, 0.3) is 0 Å². The predicted molar refractivity (Wildman–Crippen MR) is 111 cm³/mol.